The molecule has 0 bridgehead atoms. The standard InChI is InChI=1S/C23H25BBrF2NO4/c1-22(2)23(3,4)32-24(31-22)16(10-18-19(25)11-17(26)12-20(18)27)13-28-21(29)30-14-15-8-6-5-7-9-15/h5-12H,13-14H2,1-4H3,(H,28,29). The Morgan fingerprint density at radius 3 is 2.34 bits per heavy atom. The zero-order valence-corrected chi connectivity index (χ0v) is 20.0. The summed E-state index contributed by atoms with van der Waals surface area (Å²) in [5.41, 5.74) is 0.149. The predicted octanol–water partition coefficient (Wildman–Crippen LogP) is 5.67. The molecule has 1 heterocycles. The second kappa shape index (κ2) is 9.73. The van der Waals surface area contributed by atoms with Gasteiger partial charge in [-0.05, 0) is 60.7 Å². The van der Waals surface area contributed by atoms with Crippen molar-refractivity contribution in [1.29, 1.82) is 0 Å². The van der Waals surface area contributed by atoms with Crippen LogP contribution in [0, 0.1) is 11.6 Å². The molecule has 170 valence electrons. The molecule has 1 N–H and O–H groups in total. The number of alkyl carbamates (subject to hydrolysis) is 1. The Morgan fingerprint density at radius 2 is 1.75 bits per heavy atom. The van der Waals surface area contributed by atoms with Crippen molar-refractivity contribution < 1.29 is 27.6 Å². The minimum absolute atomic E-state index is 0.0201. The van der Waals surface area contributed by atoms with Crippen LogP contribution in [0.25, 0.3) is 6.08 Å². The lowest BCUT2D eigenvalue weighted by Crippen LogP contribution is -2.41. The minimum atomic E-state index is -0.842. The zero-order chi connectivity index (χ0) is 23.5. The molecule has 9 heteroatoms. The highest BCUT2D eigenvalue weighted by Crippen LogP contribution is 2.39. The Bertz CT molecular complexity index is 975. The molecule has 0 atom stereocenters. The molecule has 3 rings (SSSR count). The Morgan fingerprint density at radius 1 is 1.12 bits per heavy atom. The zero-order valence-electron chi connectivity index (χ0n) is 18.4. The first-order chi connectivity index (χ1) is 15.0. The maximum atomic E-state index is 14.5. The number of hydrogen-bond donors (Lipinski definition) is 1. The van der Waals surface area contributed by atoms with E-state index in [1.54, 1.807) is 0 Å². The summed E-state index contributed by atoms with van der Waals surface area (Å²) in [4.78, 5) is 12.2. The smallest absolute Gasteiger partial charge is 0.445 e. The van der Waals surface area contributed by atoms with Crippen LogP contribution in [0.4, 0.5) is 13.6 Å². The van der Waals surface area contributed by atoms with Gasteiger partial charge in [0.1, 0.15) is 18.2 Å². The maximum absolute atomic E-state index is 14.5. The van der Waals surface area contributed by atoms with Crippen molar-refractivity contribution >= 4 is 35.2 Å². The molecule has 1 aliphatic rings. The summed E-state index contributed by atoms with van der Waals surface area (Å²) in [6.07, 6.45) is 0.841. The number of carbonyl (C=O) groups is 1. The molecule has 1 aliphatic heterocycles. The highest BCUT2D eigenvalue weighted by atomic mass is 79.9. The normalized spacial score (nSPS) is 17.3. The molecule has 0 aliphatic carbocycles. The van der Waals surface area contributed by atoms with Gasteiger partial charge < -0.3 is 19.4 Å². The van der Waals surface area contributed by atoms with Gasteiger partial charge in [0, 0.05) is 22.6 Å². The number of halogens is 3. The summed E-state index contributed by atoms with van der Waals surface area (Å²) in [7, 11) is -0.842. The van der Waals surface area contributed by atoms with Crippen molar-refractivity contribution in [2.24, 2.45) is 0 Å². The Balaban J connectivity index is 1.79. The van der Waals surface area contributed by atoms with Crippen molar-refractivity contribution in [3.05, 3.63) is 75.2 Å². The van der Waals surface area contributed by atoms with E-state index in [1.807, 2.05) is 58.0 Å². The van der Waals surface area contributed by atoms with E-state index in [0.717, 1.165) is 11.6 Å². The third-order valence-electron chi connectivity index (χ3n) is 5.58. The molecule has 0 unspecified atom stereocenters. The molecule has 0 saturated carbocycles. The molecule has 1 amide bonds. The van der Waals surface area contributed by atoms with Gasteiger partial charge in [0.15, 0.2) is 0 Å². The first-order valence-electron chi connectivity index (χ1n) is 10.1. The highest BCUT2D eigenvalue weighted by Gasteiger charge is 2.52. The maximum Gasteiger partial charge on any atom is 0.492 e. The van der Waals surface area contributed by atoms with Gasteiger partial charge in [0.2, 0.25) is 0 Å². The fraction of sp³-hybridized carbons (Fsp3) is 0.348. The van der Waals surface area contributed by atoms with Crippen molar-refractivity contribution in [3.63, 3.8) is 0 Å². The van der Waals surface area contributed by atoms with Crippen molar-refractivity contribution in [3.8, 4) is 0 Å². The van der Waals surface area contributed by atoms with Crippen LogP contribution in [0.5, 0.6) is 0 Å². The largest absolute Gasteiger partial charge is 0.492 e. The lowest BCUT2D eigenvalue weighted by atomic mass is 9.77. The van der Waals surface area contributed by atoms with E-state index < -0.39 is 36.0 Å². The summed E-state index contributed by atoms with van der Waals surface area (Å²) in [6.45, 7) is 7.65. The Kier molecular flexibility index (Phi) is 7.42. The van der Waals surface area contributed by atoms with Crippen molar-refractivity contribution in [2.45, 2.75) is 45.5 Å². The number of hydrogen-bond acceptors (Lipinski definition) is 4. The van der Waals surface area contributed by atoms with Gasteiger partial charge in [-0.25, -0.2) is 13.6 Å². The van der Waals surface area contributed by atoms with Crippen LogP contribution < -0.4 is 5.32 Å². The molecule has 2 aromatic rings. The van der Waals surface area contributed by atoms with Gasteiger partial charge in [-0.15, -0.1) is 0 Å². The molecular formula is C23H25BBrF2NO4. The average molecular weight is 508 g/mol. The van der Waals surface area contributed by atoms with Gasteiger partial charge in [0.25, 0.3) is 0 Å². The van der Waals surface area contributed by atoms with Gasteiger partial charge >= 0.3 is 13.2 Å². The Hall–Kier alpha value is -2.23. The molecule has 5 nitrogen and oxygen atoms in total. The quantitative estimate of drug-likeness (QED) is 0.512. The van der Waals surface area contributed by atoms with Crippen LogP contribution >= 0.6 is 15.9 Å². The van der Waals surface area contributed by atoms with E-state index >= 15 is 0 Å². The summed E-state index contributed by atoms with van der Waals surface area (Å²) in [6, 6.07) is 11.2. The number of ether oxygens (including phenoxy) is 1. The fourth-order valence-electron chi connectivity index (χ4n) is 3.02. The van der Waals surface area contributed by atoms with Crippen molar-refractivity contribution in [1.82, 2.24) is 5.32 Å². The minimum Gasteiger partial charge on any atom is -0.445 e. The lowest BCUT2D eigenvalue weighted by Gasteiger charge is -2.32. The van der Waals surface area contributed by atoms with Crippen LogP contribution in [0.3, 0.4) is 0 Å². The average Bonchev–Trinajstić information content (AvgIpc) is 2.93. The van der Waals surface area contributed by atoms with E-state index in [9.17, 15) is 13.6 Å². The summed E-state index contributed by atoms with van der Waals surface area (Å²) >= 11 is 3.19. The number of benzene rings is 2. The molecule has 2 aromatic carbocycles. The van der Waals surface area contributed by atoms with Gasteiger partial charge in [-0.3, -0.25) is 0 Å². The van der Waals surface area contributed by atoms with Crippen LogP contribution in [0.2, 0.25) is 0 Å². The van der Waals surface area contributed by atoms with Crippen LogP contribution in [0.15, 0.2) is 52.4 Å². The second-order valence-corrected chi connectivity index (χ2v) is 9.36. The fourth-order valence-corrected chi connectivity index (χ4v) is 3.54. The van der Waals surface area contributed by atoms with E-state index in [4.69, 9.17) is 14.0 Å². The highest BCUT2D eigenvalue weighted by molar-refractivity contribution is 9.10. The summed E-state index contributed by atoms with van der Waals surface area (Å²) in [5.74, 6) is -1.45. The van der Waals surface area contributed by atoms with Crippen LogP contribution in [-0.2, 0) is 20.7 Å². The molecule has 1 fully saturated rings. The number of nitrogens with one attached hydrogen (secondary N) is 1. The van der Waals surface area contributed by atoms with Gasteiger partial charge in [-0.2, -0.15) is 0 Å². The molecule has 32 heavy (non-hydrogen) atoms. The third-order valence-corrected chi connectivity index (χ3v) is 6.24. The molecule has 0 spiro atoms. The van der Waals surface area contributed by atoms with Crippen LogP contribution in [-0.4, -0.2) is 31.0 Å². The number of amides is 1. The predicted molar refractivity (Wildman–Crippen MR) is 123 cm³/mol. The molecule has 1 saturated heterocycles. The van der Waals surface area contributed by atoms with Crippen molar-refractivity contribution in [2.75, 3.05) is 6.54 Å². The Labute approximate surface area is 195 Å². The second-order valence-electron chi connectivity index (χ2n) is 8.51. The van der Waals surface area contributed by atoms with E-state index in [2.05, 4.69) is 21.2 Å². The molecule has 0 aromatic heterocycles. The van der Waals surface area contributed by atoms with Gasteiger partial charge in [-0.1, -0.05) is 36.4 Å². The first kappa shape index (κ1) is 24.4. The third kappa shape index (κ3) is 5.76. The van der Waals surface area contributed by atoms with Crippen LogP contribution in [0.1, 0.15) is 38.8 Å². The van der Waals surface area contributed by atoms with E-state index in [0.29, 0.717) is 5.47 Å². The number of carbonyl (C=O) groups excluding carboxylic acids is 1. The monoisotopic (exact) mass is 507 g/mol. The molecular weight excluding hydrogens is 483 g/mol. The lowest BCUT2D eigenvalue weighted by molar-refractivity contribution is 0.00578. The molecule has 0 radical (unpaired) electrons. The SMILES string of the molecule is CC1(C)OB(C(=Cc2c(F)cc(F)cc2Br)CNC(=O)OCc2ccccc2)OC1(C)C. The van der Waals surface area contributed by atoms with Gasteiger partial charge in [0.05, 0.1) is 11.2 Å². The number of rotatable bonds is 6. The summed E-state index contributed by atoms with van der Waals surface area (Å²) in [5, 5.41) is 2.65. The first-order valence-corrected chi connectivity index (χ1v) is 10.9. The van der Waals surface area contributed by atoms with E-state index in [1.165, 1.54) is 12.1 Å². The topological polar surface area (TPSA) is 56.8 Å². The van der Waals surface area contributed by atoms with E-state index in [-0.39, 0.29) is 23.2 Å². The summed E-state index contributed by atoms with van der Waals surface area (Å²) < 4.78 is 45.6.